The first-order valence-electron chi connectivity index (χ1n) is 11.0. The van der Waals surface area contributed by atoms with Gasteiger partial charge in [0.25, 0.3) is 5.91 Å². The molecule has 3 amide bonds. The van der Waals surface area contributed by atoms with Gasteiger partial charge in [-0.2, -0.15) is 0 Å². The van der Waals surface area contributed by atoms with Crippen LogP contribution in [0.3, 0.4) is 0 Å². The molecule has 0 aliphatic carbocycles. The number of piperidine rings is 1. The van der Waals surface area contributed by atoms with Gasteiger partial charge in [-0.25, -0.2) is 0 Å². The Balaban J connectivity index is 1.69. The molecule has 0 saturated carbocycles. The Morgan fingerprint density at radius 2 is 2.14 bits per heavy atom. The predicted molar refractivity (Wildman–Crippen MR) is 112 cm³/mol. The Bertz CT molecular complexity index is 741. The van der Waals surface area contributed by atoms with Gasteiger partial charge in [-0.1, -0.05) is 45.2 Å². The number of nitrogens with zero attached hydrogens (tertiary/aromatic N) is 1. The van der Waals surface area contributed by atoms with Gasteiger partial charge in [-0.15, -0.1) is 0 Å². The zero-order valence-electron chi connectivity index (χ0n) is 17.6. The number of carbonyl (C=O) groups excluding carboxylic acids is 3. The highest BCUT2D eigenvalue weighted by molar-refractivity contribution is 6.02. The molecule has 1 aromatic rings. The molecule has 2 heterocycles. The number of nitrogens with one attached hydrogen (secondary N) is 2. The van der Waals surface area contributed by atoms with Crippen molar-refractivity contribution in [3.05, 3.63) is 34.9 Å². The fraction of sp³-hybridized carbons (Fsp3) is 0.609. The van der Waals surface area contributed by atoms with Crippen LogP contribution in [0.25, 0.3) is 0 Å². The standard InChI is InChI=1S/C23H33N3O3/c1-3-5-7-16-8-11-20(24-13-16)17-9-10-19-18(12-17)14-26(23(19)29)21(6-4-2)22(28)25-15-27/h9-10,12,15-16,20-21,24H,3-8,11,13-14H2,1-2H3,(H,25,27,28). The van der Waals surface area contributed by atoms with Crippen molar-refractivity contribution in [1.29, 1.82) is 0 Å². The number of carbonyl (C=O) groups is 3. The molecule has 3 atom stereocenters. The lowest BCUT2D eigenvalue weighted by molar-refractivity contribution is -0.129. The minimum Gasteiger partial charge on any atom is -0.322 e. The number of benzene rings is 1. The summed E-state index contributed by atoms with van der Waals surface area (Å²) in [4.78, 5) is 37.5. The molecule has 0 aromatic heterocycles. The molecular formula is C23H33N3O3. The number of unbranched alkanes of at least 4 members (excludes halogenated alkanes) is 1. The van der Waals surface area contributed by atoms with E-state index in [0.717, 1.165) is 30.9 Å². The minimum atomic E-state index is -0.610. The molecule has 2 aliphatic rings. The molecule has 3 unspecified atom stereocenters. The number of imide groups is 1. The van der Waals surface area contributed by atoms with E-state index in [1.54, 1.807) is 4.90 Å². The normalized spacial score (nSPS) is 22.3. The Hall–Kier alpha value is -2.21. The van der Waals surface area contributed by atoms with E-state index in [-0.39, 0.29) is 5.91 Å². The number of hydrogen-bond donors (Lipinski definition) is 2. The van der Waals surface area contributed by atoms with Crippen molar-refractivity contribution < 1.29 is 14.4 Å². The van der Waals surface area contributed by atoms with Gasteiger partial charge < -0.3 is 10.2 Å². The summed E-state index contributed by atoms with van der Waals surface area (Å²) in [6.07, 6.45) is 7.88. The van der Waals surface area contributed by atoms with E-state index in [1.165, 1.54) is 31.2 Å². The van der Waals surface area contributed by atoms with Crippen LogP contribution in [0, 0.1) is 5.92 Å². The van der Waals surface area contributed by atoms with Crippen molar-refractivity contribution in [2.75, 3.05) is 6.54 Å². The molecule has 1 aromatic carbocycles. The van der Waals surface area contributed by atoms with E-state index < -0.39 is 11.9 Å². The third kappa shape index (κ3) is 4.86. The zero-order chi connectivity index (χ0) is 20.8. The maximum absolute atomic E-state index is 12.9. The number of fused-ring (bicyclic) bond motifs is 1. The molecule has 0 spiro atoms. The highest BCUT2D eigenvalue weighted by atomic mass is 16.2. The first-order chi connectivity index (χ1) is 14.1. The lowest BCUT2D eigenvalue weighted by atomic mass is 9.87. The maximum Gasteiger partial charge on any atom is 0.255 e. The topological polar surface area (TPSA) is 78.5 Å². The van der Waals surface area contributed by atoms with Crippen LogP contribution < -0.4 is 10.6 Å². The quantitative estimate of drug-likeness (QED) is 0.625. The SMILES string of the molecule is CCCCC1CCC(c2ccc3c(c2)CN(C(CCC)C(=O)NC=O)C3=O)NC1. The zero-order valence-corrected chi connectivity index (χ0v) is 17.6. The van der Waals surface area contributed by atoms with Crippen LogP contribution in [-0.2, 0) is 16.1 Å². The average molecular weight is 400 g/mol. The summed E-state index contributed by atoms with van der Waals surface area (Å²) in [5.74, 6) is 0.237. The van der Waals surface area contributed by atoms with Gasteiger partial charge in [0.1, 0.15) is 6.04 Å². The Kier molecular flexibility index (Phi) is 7.42. The summed E-state index contributed by atoms with van der Waals surface area (Å²) in [7, 11) is 0. The van der Waals surface area contributed by atoms with E-state index in [9.17, 15) is 14.4 Å². The van der Waals surface area contributed by atoms with E-state index in [2.05, 4.69) is 23.6 Å². The van der Waals surface area contributed by atoms with Crippen molar-refractivity contribution in [2.45, 2.75) is 77.4 Å². The number of rotatable bonds is 9. The van der Waals surface area contributed by atoms with Gasteiger partial charge in [-0.05, 0) is 55.3 Å². The molecule has 2 N–H and O–H groups in total. The van der Waals surface area contributed by atoms with Gasteiger partial charge in [0.05, 0.1) is 0 Å². The second-order valence-electron chi connectivity index (χ2n) is 8.33. The summed E-state index contributed by atoms with van der Waals surface area (Å²) >= 11 is 0. The Morgan fingerprint density at radius 3 is 2.79 bits per heavy atom. The molecule has 29 heavy (non-hydrogen) atoms. The molecule has 0 radical (unpaired) electrons. The number of amides is 3. The third-order valence-electron chi connectivity index (χ3n) is 6.29. The van der Waals surface area contributed by atoms with Gasteiger partial charge in [-0.3, -0.25) is 19.7 Å². The lowest BCUT2D eigenvalue weighted by Gasteiger charge is -2.30. The van der Waals surface area contributed by atoms with Crippen molar-refractivity contribution >= 4 is 18.2 Å². The number of hydrogen-bond acceptors (Lipinski definition) is 4. The van der Waals surface area contributed by atoms with Crippen LogP contribution in [0.1, 0.15) is 86.3 Å². The maximum atomic E-state index is 12.9. The fourth-order valence-corrected chi connectivity index (χ4v) is 4.63. The van der Waals surface area contributed by atoms with Gasteiger partial charge in [0.2, 0.25) is 12.3 Å². The molecule has 0 bridgehead atoms. The molecule has 6 heteroatoms. The Labute approximate surface area is 173 Å². The van der Waals surface area contributed by atoms with Crippen LogP contribution in [-0.4, -0.2) is 35.7 Å². The largest absolute Gasteiger partial charge is 0.322 e. The first-order valence-corrected chi connectivity index (χ1v) is 11.0. The molecule has 1 fully saturated rings. The summed E-state index contributed by atoms with van der Waals surface area (Å²) in [6.45, 7) is 5.68. The summed E-state index contributed by atoms with van der Waals surface area (Å²) in [6, 6.07) is 5.79. The van der Waals surface area contributed by atoms with Crippen LogP contribution in [0.5, 0.6) is 0 Å². The van der Waals surface area contributed by atoms with Gasteiger partial charge in [0, 0.05) is 18.2 Å². The third-order valence-corrected chi connectivity index (χ3v) is 6.29. The Morgan fingerprint density at radius 1 is 1.31 bits per heavy atom. The molecule has 1 saturated heterocycles. The molecule has 2 aliphatic heterocycles. The van der Waals surface area contributed by atoms with E-state index in [0.29, 0.717) is 31.0 Å². The minimum absolute atomic E-state index is 0.123. The van der Waals surface area contributed by atoms with Crippen molar-refractivity contribution in [3.63, 3.8) is 0 Å². The fourth-order valence-electron chi connectivity index (χ4n) is 4.63. The smallest absolute Gasteiger partial charge is 0.255 e. The molecule has 6 nitrogen and oxygen atoms in total. The van der Waals surface area contributed by atoms with Crippen LogP contribution in [0.2, 0.25) is 0 Å². The predicted octanol–water partition coefficient (Wildman–Crippen LogP) is 3.31. The molecular weight excluding hydrogens is 366 g/mol. The second kappa shape index (κ2) is 10.0. The van der Waals surface area contributed by atoms with Crippen molar-refractivity contribution in [3.8, 4) is 0 Å². The summed E-state index contributed by atoms with van der Waals surface area (Å²) < 4.78 is 0. The second-order valence-corrected chi connectivity index (χ2v) is 8.33. The van der Waals surface area contributed by atoms with E-state index >= 15 is 0 Å². The van der Waals surface area contributed by atoms with Crippen molar-refractivity contribution in [2.24, 2.45) is 5.92 Å². The monoisotopic (exact) mass is 399 g/mol. The van der Waals surface area contributed by atoms with Crippen LogP contribution in [0.15, 0.2) is 18.2 Å². The van der Waals surface area contributed by atoms with Gasteiger partial charge in [0.15, 0.2) is 0 Å². The first kappa shape index (κ1) is 21.5. The summed E-state index contributed by atoms with van der Waals surface area (Å²) in [5, 5.41) is 5.90. The lowest BCUT2D eigenvalue weighted by Crippen LogP contribution is -2.46. The van der Waals surface area contributed by atoms with Crippen LogP contribution >= 0.6 is 0 Å². The van der Waals surface area contributed by atoms with E-state index in [1.807, 2.05) is 19.1 Å². The molecule has 3 rings (SSSR count). The molecule has 158 valence electrons. The average Bonchev–Trinajstić information content (AvgIpc) is 3.06. The summed E-state index contributed by atoms with van der Waals surface area (Å²) in [5.41, 5.74) is 2.87. The van der Waals surface area contributed by atoms with E-state index in [4.69, 9.17) is 0 Å². The highest BCUT2D eigenvalue weighted by Crippen LogP contribution is 2.32. The highest BCUT2D eigenvalue weighted by Gasteiger charge is 2.36. The van der Waals surface area contributed by atoms with Crippen LogP contribution in [0.4, 0.5) is 0 Å². The van der Waals surface area contributed by atoms with Crippen molar-refractivity contribution in [1.82, 2.24) is 15.5 Å². The van der Waals surface area contributed by atoms with Gasteiger partial charge >= 0.3 is 0 Å².